The Bertz CT molecular complexity index is 973. The van der Waals surface area contributed by atoms with Crippen LogP contribution in [0.1, 0.15) is 31.6 Å². The van der Waals surface area contributed by atoms with Gasteiger partial charge >= 0.3 is 0 Å². The third-order valence-electron chi connectivity index (χ3n) is 5.24. The van der Waals surface area contributed by atoms with Gasteiger partial charge in [0.15, 0.2) is 0 Å². The molecule has 0 bridgehead atoms. The number of hydrogen-bond donors (Lipinski definition) is 1. The standard InChI is InChI=1S/C26H33N2O2P/c1-21(2)19-20-30-31(29,25-17-15-24(16-18-25)28(3)4)26(22-11-7-5-8-12-22)27-23-13-9-6-10-14-23/h5-18,21,26-27H,19-20H2,1-4H3. The van der Waals surface area contributed by atoms with Crippen molar-refractivity contribution in [2.24, 2.45) is 5.92 Å². The summed E-state index contributed by atoms with van der Waals surface area (Å²) in [6.45, 7) is 4.75. The van der Waals surface area contributed by atoms with E-state index in [-0.39, 0.29) is 0 Å². The van der Waals surface area contributed by atoms with Crippen molar-refractivity contribution >= 4 is 24.0 Å². The highest BCUT2D eigenvalue weighted by Gasteiger charge is 2.38. The zero-order valence-corrected chi connectivity index (χ0v) is 19.8. The van der Waals surface area contributed by atoms with E-state index < -0.39 is 13.2 Å². The minimum atomic E-state index is -3.31. The molecule has 0 fully saturated rings. The third kappa shape index (κ3) is 6.00. The molecule has 0 amide bonds. The van der Waals surface area contributed by atoms with Crippen LogP contribution in [-0.2, 0) is 9.09 Å². The fourth-order valence-electron chi connectivity index (χ4n) is 3.37. The molecule has 0 aromatic heterocycles. The highest BCUT2D eigenvalue weighted by molar-refractivity contribution is 7.67. The first-order chi connectivity index (χ1) is 14.9. The van der Waals surface area contributed by atoms with Crippen LogP contribution >= 0.6 is 7.37 Å². The molecular formula is C26H33N2O2P. The molecule has 3 rings (SSSR count). The van der Waals surface area contributed by atoms with E-state index in [9.17, 15) is 4.57 Å². The van der Waals surface area contributed by atoms with Crippen LogP contribution in [0, 0.1) is 5.92 Å². The van der Waals surface area contributed by atoms with E-state index in [1.807, 2.05) is 104 Å². The zero-order valence-electron chi connectivity index (χ0n) is 18.9. The molecule has 0 heterocycles. The van der Waals surface area contributed by atoms with Crippen LogP contribution in [0.2, 0.25) is 0 Å². The summed E-state index contributed by atoms with van der Waals surface area (Å²) >= 11 is 0. The summed E-state index contributed by atoms with van der Waals surface area (Å²) in [5.74, 6) is -0.0182. The molecular weight excluding hydrogens is 403 g/mol. The van der Waals surface area contributed by atoms with E-state index in [0.717, 1.165) is 28.7 Å². The van der Waals surface area contributed by atoms with Crippen molar-refractivity contribution in [2.45, 2.75) is 26.1 Å². The van der Waals surface area contributed by atoms with Crippen LogP contribution in [-0.4, -0.2) is 20.7 Å². The van der Waals surface area contributed by atoms with E-state index in [1.165, 1.54) is 0 Å². The lowest BCUT2D eigenvalue weighted by Crippen LogP contribution is -2.21. The molecule has 0 aliphatic carbocycles. The van der Waals surface area contributed by atoms with Crippen LogP contribution in [0.4, 0.5) is 11.4 Å². The molecule has 3 aromatic rings. The summed E-state index contributed by atoms with van der Waals surface area (Å²) in [4.78, 5) is 2.03. The molecule has 4 nitrogen and oxygen atoms in total. The maximum Gasteiger partial charge on any atom is 0.258 e. The summed E-state index contributed by atoms with van der Waals surface area (Å²) in [5.41, 5.74) is 2.91. The Balaban J connectivity index is 2.06. The van der Waals surface area contributed by atoms with E-state index >= 15 is 0 Å². The fraction of sp³-hybridized carbons (Fsp3) is 0.308. The Kier molecular flexibility index (Phi) is 7.95. The molecule has 0 saturated carbocycles. The van der Waals surface area contributed by atoms with Gasteiger partial charge in [0.2, 0.25) is 0 Å². The van der Waals surface area contributed by atoms with Gasteiger partial charge in [0.05, 0.1) is 6.61 Å². The van der Waals surface area contributed by atoms with Gasteiger partial charge in [0, 0.05) is 30.8 Å². The predicted molar refractivity (Wildman–Crippen MR) is 133 cm³/mol. The smallest absolute Gasteiger partial charge is 0.258 e. The minimum Gasteiger partial charge on any atom is -0.378 e. The lowest BCUT2D eigenvalue weighted by molar-refractivity contribution is 0.290. The van der Waals surface area contributed by atoms with E-state index in [0.29, 0.717) is 12.5 Å². The number of benzene rings is 3. The average molecular weight is 437 g/mol. The Morgan fingerprint density at radius 1 is 0.871 bits per heavy atom. The summed E-state index contributed by atoms with van der Waals surface area (Å²) < 4.78 is 21.0. The Hall–Kier alpha value is -2.55. The largest absolute Gasteiger partial charge is 0.378 e. The highest BCUT2D eigenvalue weighted by atomic mass is 31.2. The molecule has 31 heavy (non-hydrogen) atoms. The molecule has 0 radical (unpaired) electrons. The molecule has 0 aliphatic rings. The summed E-state index contributed by atoms with van der Waals surface area (Å²) in [7, 11) is 0.690. The second kappa shape index (κ2) is 10.7. The zero-order chi connectivity index (χ0) is 22.3. The summed E-state index contributed by atoms with van der Waals surface area (Å²) in [5, 5.41) is 4.23. The van der Waals surface area contributed by atoms with E-state index in [4.69, 9.17) is 4.52 Å². The average Bonchev–Trinajstić information content (AvgIpc) is 2.78. The summed E-state index contributed by atoms with van der Waals surface area (Å²) in [6.07, 6.45) is 0.854. The molecule has 3 aromatic carbocycles. The normalized spacial score (nSPS) is 14.1. The number of nitrogens with zero attached hydrogens (tertiary/aromatic N) is 1. The molecule has 0 aliphatic heterocycles. The maximum atomic E-state index is 14.7. The predicted octanol–water partition coefficient (Wildman–Crippen LogP) is 6.53. The highest BCUT2D eigenvalue weighted by Crippen LogP contribution is 2.59. The second-order valence-electron chi connectivity index (χ2n) is 8.35. The SMILES string of the molecule is CC(C)CCOP(=O)(c1ccc(N(C)C)cc1)C(Nc1ccccc1)c1ccccc1. The van der Waals surface area contributed by atoms with Gasteiger partial charge in [-0.05, 0) is 54.3 Å². The second-order valence-corrected chi connectivity index (χ2v) is 10.8. The van der Waals surface area contributed by atoms with Crippen molar-refractivity contribution in [3.05, 3.63) is 90.5 Å². The molecule has 164 valence electrons. The molecule has 0 saturated heterocycles. The first-order valence-electron chi connectivity index (χ1n) is 10.8. The van der Waals surface area contributed by atoms with Crippen molar-refractivity contribution in [1.29, 1.82) is 0 Å². The number of nitrogens with one attached hydrogen (secondary N) is 1. The topological polar surface area (TPSA) is 41.6 Å². The molecule has 0 spiro atoms. The van der Waals surface area contributed by atoms with E-state index in [1.54, 1.807) is 0 Å². The van der Waals surface area contributed by atoms with Gasteiger partial charge in [-0.1, -0.05) is 62.4 Å². The van der Waals surface area contributed by atoms with Crippen molar-refractivity contribution in [1.82, 2.24) is 0 Å². The van der Waals surface area contributed by atoms with Crippen molar-refractivity contribution in [3.63, 3.8) is 0 Å². The molecule has 2 atom stereocenters. The minimum absolute atomic E-state index is 0.449. The van der Waals surface area contributed by atoms with Crippen LogP contribution in [0.15, 0.2) is 84.9 Å². The van der Waals surface area contributed by atoms with Gasteiger partial charge in [-0.25, -0.2) is 0 Å². The Labute approximate surface area is 186 Å². The first-order valence-corrected chi connectivity index (χ1v) is 12.5. The number of anilines is 2. The molecule has 2 unspecified atom stereocenters. The van der Waals surface area contributed by atoms with Crippen LogP contribution in [0.3, 0.4) is 0 Å². The van der Waals surface area contributed by atoms with Gasteiger partial charge < -0.3 is 14.7 Å². The fourth-order valence-corrected chi connectivity index (χ4v) is 5.79. The molecule has 1 N–H and O–H groups in total. The lowest BCUT2D eigenvalue weighted by atomic mass is 10.2. The maximum absolute atomic E-state index is 14.7. The summed E-state index contributed by atoms with van der Waals surface area (Å²) in [6, 6.07) is 27.7. The number of para-hydroxylation sites is 1. The Morgan fingerprint density at radius 2 is 1.45 bits per heavy atom. The lowest BCUT2D eigenvalue weighted by Gasteiger charge is -2.30. The van der Waals surface area contributed by atoms with Gasteiger partial charge in [-0.15, -0.1) is 0 Å². The first kappa shape index (κ1) is 23.1. The quantitative estimate of drug-likeness (QED) is 0.367. The van der Waals surface area contributed by atoms with Crippen molar-refractivity contribution in [2.75, 3.05) is 30.9 Å². The van der Waals surface area contributed by atoms with Gasteiger partial charge in [0.25, 0.3) is 7.37 Å². The van der Waals surface area contributed by atoms with Crippen LogP contribution in [0.25, 0.3) is 0 Å². The number of rotatable bonds is 10. The van der Waals surface area contributed by atoms with Crippen LogP contribution in [0.5, 0.6) is 0 Å². The van der Waals surface area contributed by atoms with Gasteiger partial charge in [-0.2, -0.15) is 0 Å². The Morgan fingerprint density at radius 3 is 2.00 bits per heavy atom. The van der Waals surface area contributed by atoms with Gasteiger partial charge in [-0.3, -0.25) is 4.57 Å². The van der Waals surface area contributed by atoms with E-state index in [2.05, 4.69) is 19.2 Å². The third-order valence-corrected chi connectivity index (χ3v) is 7.93. The van der Waals surface area contributed by atoms with Crippen molar-refractivity contribution in [3.8, 4) is 0 Å². The monoisotopic (exact) mass is 436 g/mol. The number of hydrogen-bond acceptors (Lipinski definition) is 4. The molecule has 5 heteroatoms. The van der Waals surface area contributed by atoms with Crippen molar-refractivity contribution < 1.29 is 9.09 Å². The van der Waals surface area contributed by atoms with Gasteiger partial charge in [0.1, 0.15) is 5.78 Å². The van der Waals surface area contributed by atoms with Crippen LogP contribution < -0.4 is 15.5 Å².